The van der Waals surface area contributed by atoms with Gasteiger partial charge in [-0.15, -0.1) is 0 Å². The molecule has 0 unspecified atom stereocenters. The maximum absolute atomic E-state index is 13.8. The van der Waals surface area contributed by atoms with Crippen LogP contribution in [-0.2, 0) is 14.8 Å². The van der Waals surface area contributed by atoms with Gasteiger partial charge in [-0.2, -0.15) is 0 Å². The standard InChI is InChI=1S/C26H35N3O3S/c1-19-9-10-21(3)25(17-19)27-13-15-28(16-14-27)26(30)24-18-29(33(4,31)32)12-11-23(24)22-8-6-5-7-20(22)2/h5-10,17,23-24H,11-16,18H2,1-4H3/t23-,24-/m1/s1. The van der Waals surface area contributed by atoms with Crippen LogP contribution in [0.4, 0.5) is 5.69 Å². The highest BCUT2D eigenvalue weighted by atomic mass is 32.2. The van der Waals surface area contributed by atoms with Crippen LogP contribution in [0.5, 0.6) is 0 Å². The Morgan fingerprint density at radius 2 is 1.61 bits per heavy atom. The van der Waals surface area contributed by atoms with Crippen LogP contribution in [0.3, 0.4) is 0 Å². The molecule has 0 aliphatic carbocycles. The van der Waals surface area contributed by atoms with Gasteiger partial charge in [0.25, 0.3) is 0 Å². The normalized spacial score (nSPS) is 22.4. The summed E-state index contributed by atoms with van der Waals surface area (Å²) in [6, 6.07) is 14.7. The van der Waals surface area contributed by atoms with E-state index in [9.17, 15) is 13.2 Å². The van der Waals surface area contributed by atoms with Crippen molar-refractivity contribution in [3.8, 4) is 0 Å². The third kappa shape index (κ3) is 5.09. The molecule has 0 radical (unpaired) electrons. The fourth-order valence-corrected chi connectivity index (χ4v) is 6.18. The van der Waals surface area contributed by atoms with Crippen LogP contribution in [0.15, 0.2) is 42.5 Å². The summed E-state index contributed by atoms with van der Waals surface area (Å²) in [5.74, 6) is -0.243. The highest BCUT2D eigenvalue weighted by Crippen LogP contribution is 2.37. The zero-order valence-electron chi connectivity index (χ0n) is 20.1. The maximum Gasteiger partial charge on any atom is 0.227 e. The summed E-state index contributed by atoms with van der Waals surface area (Å²) < 4.78 is 26.1. The van der Waals surface area contributed by atoms with Crippen molar-refractivity contribution >= 4 is 21.6 Å². The smallest absolute Gasteiger partial charge is 0.227 e. The first kappa shape index (κ1) is 23.8. The molecule has 4 rings (SSSR count). The van der Waals surface area contributed by atoms with Crippen molar-refractivity contribution in [1.82, 2.24) is 9.21 Å². The molecule has 0 aromatic heterocycles. The first-order valence-electron chi connectivity index (χ1n) is 11.8. The Kier molecular flexibility index (Phi) is 6.82. The zero-order valence-corrected chi connectivity index (χ0v) is 20.9. The molecule has 6 nitrogen and oxygen atoms in total. The molecule has 0 saturated carbocycles. The van der Waals surface area contributed by atoms with Crippen LogP contribution in [-0.4, -0.2) is 69.1 Å². The van der Waals surface area contributed by atoms with Gasteiger partial charge in [-0.25, -0.2) is 12.7 Å². The van der Waals surface area contributed by atoms with E-state index in [-0.39, 0.29) is 24.3 Å². The molecule has 33 heavy (non-hydrogen) atoms. The minimum atomic E-state index is -3.34. The lowest BCUT2D eigenvalue weighted by Crippen LogP contribution is -2.54. The second kappa shape index (κ2) is 9.47. The van der Waals surface area contributed by atoms with Crippen molar-refractivity contribution < 1.29 is 13.2 Å². The Hall–Kier alpha value is -2.38. The number of nitrogens with zero attached hydrogens (tertiary/aromatic N) is 3. The monoisotopic (exact) mass is 469 g/mol. The molecule has 0 spiro atoms. The maximum atomic E-state index is 13.8. The van der Waals surface area contributed by atoms with Crippen molar-refractivity contribution in [3.63, 3.8) is 0 Å². The zero-order chi connectivity index (χ0) is 23.8. The number of sulfonamides is 1. The number of anilines is 1. The summed E-state index contributed by atoms with van der Waals surface area (Å²) in [5, 5.41) is 0. The van der Waals surface area contributed by atoms with Crippen LogP contribution in [0.2, 0.25) is 0 Å². The average Bonchev–Trinajstić information content (AvgIpc) is 2.80. The Morgan fingerprint density at radius 3 is 2.27 bits per heavy atom. The van der Waals surface area contributed by atoms with Crippen LogP contribution in [0.25, 0.3) is 0 Å². The molecule has 1 amide bonds. The van der Waals surface area contributed by atoms with Crippen LogP contribution < -0.4 is 4.90 Å². The number of piperidine rings is 1. The Bertz CT molecular complexity index is 1120. The van der Waals surface area contributed by atoms with Crippen molar-refractivity contribution in [2.45, 2.75) is 33.1 Å². The summed E-state index contributed by atoms with van der Waals surface area (Å²) in [5.41, 5.74) is 6.04. The number of benzene rings is 2. The van der Waals surface area contributed by atoms with Gasteiger partial charge < -0.3 is 9.80 Å². The second-order valence-electron chi connectivity index (χ2n) is 9.58. The topological polar surface area (TPSA) is 60.9 Å². The summed E-state index contributed by atoms with van der Waals surface area (Å²) >= 11 is 0. The Labute approximate surface area is 198 Å². The second-order valence-corrected chi connectivity index (χ2v) is 11.6. The molecule has 2 atom stereocenters. The highest BCUT2D eigenvalue weighted by molar-refractivity contribution is 7.88. The lowest BCUT2D eigenvalue weighted by molar-refractivity contribution is -0.137. The first-order valence-corrected chi connectivity index (χ1v) is 13.6. The van der Waals surface area contributed by atoms with Gasteiger partial charge in [-0.3, -0.25) is 4.79 Å². The summed E-state index contributed by atoms with van der Waals surface area (Å²) in [6.07, 6.45) is 1.91. The van der Waals surface area contributed by atoms with Crippen molar-refractivity contribution in [3.05, 3.63) is 64.7 Å². The number of rotatable bonds is 4. The largest absolute Gasteiger partial charge is 0.368 e. The van der Waals surface area contributed by atoms with Crippen LogP contribution >= 0.6 is 0 Å². The first-order chi connectivity index (χ1) is 15.6. The number of hydrogen-bond acceptors (Lipinski definition) is 4. The van der Waals surface area contributed by atoms with Crippen LogP contribution in [0.1, 0.15) is 34.6 Å². The van der Waals surface area contributed by atoms with Gasteiger partial charge in [-0.1, -0.05) is 36.4 Å². The summed E-state index contributed by atoms with van der Waals surface area (Å²) in [7, 11) is -3.34. The highest BCUT2D eigenvalue weighted by Gasteiger charge is 2.40. The summed E-state index contributed by atoms with van der Waals surface area (Å²) in [4.78, 5) is 18.1. The molecule has 2 aromatic carbocycles. The predicted octanol–water partition coefficient (Wildman–Crippen LogP) is 3.33. The number of piperazine rings is 1. The van der Waals surface area contributed by atoms with Gasteiger partial charge in [0.05, 0.1) is 12.2 Å². The Morgan fingerprint density at radius 1 is 0.909 bits per heavy atom. The molecule has 7 heteroatoms. The van der Waals surface area contributed by atoms with Gasteiger partial charge >= 0.3 is 0 Å². The van der Waals surface area contributed by atoms with E-state index in [0.717, 1.165) is 24.2 Å². The number of amides is 1. The van der Waals surface area contributed by atoms with Gasteiger partial charge in [0.1, 0.15) is 0 Å². The molecule has 2 aromatic rings. The Balaban J connectivity index is 1.53. The van der Waals surface area contributed by atoms with E-state index < -0.39 is 10.0 Å². The molecule has 2 heterocycles. The molecule has 2 aliphatic rings. The number of carbonyl (C=O) groups excluding carboxylic acids is 1. The molecule has 0 N–H and O–H groups in total. The third-order valence-electron chi connectivity index (χ3n) is 7.25. The quantitative estimate of drug-likeness (QED) is 0.689. The van der Waals surface area contributed by atoms with Gasteiger partial charge in [-0.05, 0) is 61.4 Å². The van der Waals surface area contributed by atoms with Gasteiger partial charge in [0.2, 0.25) is 15.9 Å². The average molecular weight is 470 g/mol. The molecule has 2 saturated heterocycles. The molecular formula is C26H35N3O3S. The molecule has 0 bridgehead atoms. The minimum Gasteiger partial charge on any atom is -0.368 e. The lowest BCUT2D eigenvalue weighted by atomic mass is 9.78. The fraction of sp³-hybridized carbons (Fsp3) is 0.500. The fourth-order valence-electron chi connectivity index (χ4n) is 5.31. The van der Waals surface area contributed by atoms with E-state index in [1.807, 2.05) is 17.0 Å². The van der Waals surface area contributed by atoms with Gasteiger partial charge in [0, 0.05) is 45.0 Å². The van der Waals surface area contributed by atoms with E-state index in [1.54, 1.807) is 0 Å². The molecular weight excluding hydrogens is 434 g/mol. The number of aryl methyl sites for hydroxylation is 3. The predicted molar refractivity (Wildman–Crippen MR) is 133 cm³/mol. The molecule has 2 aliphatic heterocycles. The lowest BCUT2D eigenvalue weighted by Gasteiger charge is -2.42. The minimum absolute atomic E-state index is 0.0359. The third-order valence-corrected chi connectivity index (χ3v) is 8.52. The van der Waals surface area contributed by atoms with E-state index in [1.165, 1.54) is 27.4 Å². The van der Waals surface area contributed by atoms with E-state index in [4.69, 9.17) is 0 Å². The van der Waals surface area contributed by atoms with E-state index >= 15 is 0 Å². The van der Waals surface area contributed by atoms with Crippen LogP contribution in [0, 0.1) is 26.7 Å². The van der Waals surface area contributed by atoms with Crippen molar-refractivity contribution in [2.75, 3.05) is 50.4 Å². The van der Waals surface area contributed by atoms with E-state index in [2.05, 4.69) is 56.0 Å². The van der Waals surface area contributed by atoms with Crippen molar-refractivity contribution in [1.29, 1.82) is 0 Å². The number of hydrogen-bond donors (Lipinski definition) is 0. The van der Waals surface area contributed by atoms with Gasteiger partial charge in [0.15, 0.2) is 0 Å². The molecule has 2 fully saturated rings. The van der Waals surface area contributed by atoms with E-state index in [0.29, 0.717) is 26.1 Å². The summed E-state index contributed by atoms with van der Waals surface area (Å²) in [6.45, 7) is 9.90. The SMILES string of the molecule is Cc1ccc(C)c(N2CCN(C(=O)[C@@H]3CN(S(C)(=O)=O)CC[C@@H]3c3ccccc3C)CC2)c1. The molecule has 178 valence electrons. The number of carbonyl (C=O) groups is 1. The van der Waals surface area contributed by atoms with Crippen molar-refractivity contribution in [2.24, 2.45) is 5.92 Å².